The molecule has 0 amide bonds. The second-order valence-electron chi connectivity index (χ2n) is 3.46. The van der Waals surface area contributed by atoms with Crippen molar-refractivity contribution in [2.24, 2.45) is 0 Å². The fourth-order valence-electron chi connectivity index (χ4n) is 1.38. The number of nitrogen functional groups attached to an aromatic ring is 1. The highest BCUT2D eigenvalue weighted by Crippen LogP contribution is 2.35. The molecule has 0 heterocycles. The first kappa shape index (κ1) is 12.9. The van der Waals surface area contributed by atoms with Crippen LogP contribution in [-0.2, 0) is 0 Å². The van der Waals surface area contributed by atoms with Crippen molar-refractivity contribution < 1.29 is 0 Å². The lowest BCUT2D eigenvalue weighted by molar-refractivity contribution is 1.48. The van der Waals surface area contributed by atoms with Crippen molar-refractivity contribution in [2.45, 2.75) is 0 Å². The van der Waals surface area contributed by atoms with Gasteiger partial charge in [0, 0.05) is 19.1 Å². The van der Waals surface area contributed by atoms with Gasteiger partial charge in [0.25, 0.3) is 0 Å². The number of nitrogens with one attached hydrogen (secondary N) is 1. The Labute approximate surface area is 125 Å². The van der Waals surface area contributed by atoms with E-state index in [-0.39, 0.29) is 0 Å². The minimum atomic E-state index is 0.730. The molecule has 0 bridgehead atoms. The molecule has 0 unspecified atom stereocenters. The van der Waals surface area contributed by atoms with Gasteiger partial charge in [-0.3, -0.25) is 0 Å². The summed E-state index contributed by atoms with van der Waals surface area (Å²) in [6.07, 6.45) is 0. The van der Waals surface area contributed by atoms with E-state index in [0.29, 0.717) is 0 Å². The molecule has 0 aliphatic rings. The van der Waals surface area contributed by atoms with E-state index in [1.807, 2.05) is 36.4 Å². The molecule has 2 rings (SSSR count). The minimum absolute atomic E-state index is 0.730. The van der Waals surface area contributed by atoms with Gasteiger partial charge in [-0.05, 0) is 78.1 Å². The molecule has 3 N–H and O–H groups in total. The normalized spacial score (nSPS) is 10.3. The smallest absolute Gasteiger partial charge is 0.0673 e. The second kappa shape index (κ2) is 5.42. The summed E-state index contributed by atoms with van der Waals surface area (Å²) in [5, 5.41) is 3.34. The van der Waals surface area contributed by atoms with Crippen LogP contribution in [0.25, 0.3) is 0 Å². The molecule has 0 aliphatic carbocycles. The van der Waals surface area contributed by atoms with Crippen molar-refractivity contribution in [3.8, 4) is 0 Å². The molecule has 0 radical (unpaired) electrons. The lowest BCUT2D eigenvalue weighted by Gasteiger charge is -2.12. The van der Waals surface area contributed by atoms with Crippen molar-refractivity contribution in [1.29, 1.82) is 0 Å². The molecular weight excluding hydrogens is 412 g/mol. The number of hydrogen-bond donors (Lipinski definition) is 2. The Balaban J connectivity index is 2.38. The monoisotopic (exact) mass is 418 g/mol. The summed E-state index contributed by atoms with van der Waals surface area (Å²) in [6.45, 7) is 0. The number of para-hydroxylation sites is 1. The Morgan fingerprint density at radius 1 is 0.882 bits per heavy atom. The number of nitrogens with two attached hydrogens (primary N) is 1. The van der Waals surface area contributed by atoms with Crippen LogP contribution in [0.3, 0.4) is 0 Å². The predicted molar refractivity (Wildman–Crippen MR) is 83.7 cm³/mol. The van der Waals surface area contributed by atoms with Gasteiger partial charge in [0.1, 0.15) is 0 Å². The number of halogens is 3. The molecule has 5 heteroatoms. The Morgan fingerprint density at radius 3 is 2.12 bits per heavy atom. The molecule has 0 atom stereocenters. The SMILES string of the molecule is Nc1ccc(Nc2c(Br)cccc2Br)c(Br)c1. The molecule has 0 saturated carbocycles. The van der Waals surface area contributed by atoms with Crippen LogP contribution in [0.4, 0.5) is 17.1 Å². The van der Waals surface area contributed by atoms with E-state index >= 15 is 0 Å². The van der Waals surface area contributed by atoms with Gasteiger partial charge < -0.3 is 11.1 Å². The number of hydrogen-bond acceptors (Lipinski definition) is 2. The maximum absolute atomic E-state index is 5.70. The third-order valence-electron chi connectivity index (χ3n) is 2.22. The molecule has 2 nitrogen and oxygen atoms in total. The predicted octanol–water partition coefficient (Wildman–Crippen LogP) is 5.30. The maximum Gasteiger partial charge on any atom is 0.0673 e. The first-order chi connectivity index (χ1) is 8.08. The molecule has 0 spiro atoms. The zero-order valence-corrected chi connectivity index (χ0v) is 13.4. The quantitative estimate of drug-likeness (QED) is 0.647. The van der Waals surface area contributed by atoms with Crippen molar-refractivity contribution in [3.63, 3.8) is 0 Å². The molecule has 0 aromatic heterocycles. The van der Waals surface area contributed by atoms with Gasteiger partial charge in [0.05, 0.1) is 11.4 Å². The van der Waals surface area contributed by atoms with Crippen molar-refractivity contribution in [3.05, 3.63) is 49.8 Å². The minimum Gasteiger partial charge on any atom is -0.399 e. The van der Waals surface area contributed by atoms with E-state index in [2.05, 4.69) is 53.1 Å². The fourth-order valence-corrected chi connectivity index (χ4v) is 3.08. The largest absolute Gasteiger partial charge is 0.399 e. The summed E-state index contributed by atoms with van der Waals surface area (Å²) in [5.41, 5.74) is 8.38. The van der Waals surface area contributed by atoms with Gasteiger partial charge in [-0.2, -0.15) is 0 Å². The molecule has 2 aromatic carbocycles. The molecule has 0 saturated heterocycles. The van der Waals surface area contributed by atoms with Gasteiger partial charge in [0.2, 0.25) is 0 Å². The summed E-state index contributed by atoms with van der Waals surface area (Å²) >= 11 is 10.5. The summed E-state index contributed by atoms with van der Waals surface area (Å²) in [7, 11) is 0. The first-order valence-corrected chi connectivity index (χ1v) is 7.22. The van der Waals surface area contributed by atoms with E-state index < -0.39 is 0 Å². The highest BCUT2D eigenvalue weighted by atomic mass is 79.9. The van der Waals surface area contributed by atoms with E-state index in [1.54, 1.807) is 0 Å². The highest BCUT2D eigenvalue weighted by molar-refractivity contribution is 9.11. The molecule has 0 fully saturated rings. The van der Waals surface area contributed by atoms with Crippen LogP contribution >= 0.6 is 47.8 Å². The van der Waals surface area contributed by atoms with Crippen LogP contribution in [0.2, 0.25) is 0 Å². The third-order valence-corrected chi connectivity index (χ3v) is 4.19. The van der Waals surface area contributed by atoms with Crippen LogP contribution in [-0.4, -0.2) is 0 Å². The summed E-state index contributed by atoms with van der Waals surface area (Å²) < 4.78 is 2.92. The summed E-state index contributed by atoms with van der Waals surface area (Å²) in [4.78, 5) is 0. The average Bonchev–Trinajstić information content (AvgIpc) is 2.26. The van der Waals surface area contributed by atoms with Gasteiger partial charge in [-0.25, -0.2) is 0 Å². The molecule has 2 aromatic rings. The van der Waals surface area contributed by atoms with Crippen molar-refractivity contribution >= 4 is 64.9 Å². The topological polar surface area (TPSA) is 38.0 Å². The van der Waals surface area contributed by atoms with Crippen LogP contribution in [0, 0.1) is 0 Å². The van der Waals surface area contributed by atoms with Crippen molar-refractivity contribution in [1.82, 2.24) is 0 Å². The standard InChI is InChI=1S/C12H9Br3N2/c13-8-2-1-3-9(14)12(8)17-11-5-4-7(16)6-10(11)15/h1-6,17H,16H2. The fraction of sp³-hybridized carbons (Fsp3) is 0. The summed E-state index contributed by atoms with van der Waals surface area (Å²) in [6, 6.07) is 11.6. The Hall–Kier alpha value is -0.520. The molecule has 0 aliphatic heterocycles. The Bertz CT molecular complexity index is 535. The Kier molecular flexibility index (Phi) is 4.12. The van der Waals surface area contributed by atoms with Gasteiger partial charge in [-0.15, -0.1) is 0 Å². The van der Waals surface area contributed by atoms with E-state index in [9.17, 15) is 0 Å². The zero-order valence-electron chi connectivity index (χ0n) is 8.68. The highest BCUT2D eigenvalue weighted by Gasteiger charge is 2.07. The lowest BCUT2D eigenvalue weighted by atomic mass is 10.2. The first-order valence-electron chi connectivity index (χ1n) is 4.84. The number of benzene rings is 2. The second-order valence-corrected chi connectivity index (χ2v) is 6.02. The average molecular weight is 421 g/mol. The zero-order chi connectivity index (χ0) is 12.4. The van der Waals surface area contributed by atoms with Gasteiger partial charge in [-0.1, -0.05) is 6.07 Å². The Morgan fingerprint density at radius 2 is 1.53 bits per heavy atom. The van der Waals surface area contributed by atoms with Crippen LogP contribution < -0.4 is 11.1 Å². The summed E-state index contributed by atoms with van der Waals surface area (Å²) in [5.74, 6) is 0. The van der Waals surface area contributed by atoms with Gasteiger partial charge >= 0.3 is 0 Å². The van der Waals surface area contributed by atoms with E-state index in [0.717, 1.165) is 30.5 Å². The number of rotatable bonds is 2. The third kappa shape index (κ3) is 3.03. The molecular formula is C12H9Br3N2. The van der Waals surface area contributed by atoms with Crippen LogP contribution in [0.5, 0.6) is 0 Å². The molecule has 17 heavy (non-hydrogen) atoms. The van der Waals surface area contributed by atoms with E-state index in [1.165, 1.54) is 0 Å². The van der Waals surface area contributed by atoms with E-state index in [4.69, 9.17) is 5.73 Å². The number of anilines is 3. The van der Waals surface area contributed by atoms with Crippen molar-refractivity contribution in [2.75, 3.05) is 11.1 Å². The maximum atomic E-state index is 5.70. The van der Waals surface area contributed by atoms with Crippen LogP contribution in [0.15, 0.2) is 49.8 Å². The lowest BCUT2D eigenvalue weighted by Crippen LogP contribution is -1.94. The van der Waals surface area contributed by atoms with Crippen LogP contribution in [0.1, 0.15) is 0 Å². The van der Waals surface area contributed by atoms with Gasteiger partial charge in [0.15, 0.2) is 0 Å². The molecule has 88 valence electrons.